The molecule has 0 saturated carbocycles. The monoisotopic (exact) mass is 255 g/mol. The number of hydrogen-bond donors (Lipinski definition) is 0. The van der Waals surface area contributed by atoms with Gasteiger partial charge in [-0.05, 0) is 6.42 Å². The second-order valence-electron chi connectivity index (χ2n) is 4.82. The van der Waals surface area contributed by atoms with Crippen molar-refractivity contribution in [1.29, 1.82) is 0 Å². The summed E-state index contributed by atoms with van der Waals surface area (Å²) in [6.45, 7) is 9.46. The topological polar surface area (TPSA) is 42.2 Å². The molecule has 1 aliphatic heterocycles. The van der Waals surface area contributed by atoms with E-state index in [1.807, 2.05) is 0 Å². The summed E-state index contributed by atoms with van der Waals surface area (Å²) in [6, 6.07) is 0. The van der Waals surface area contributed by atoms with Gasteiger partial charge in [-0.2, -0.15) is 11.8 Å². The van der Waals surface area contributed by atoms with Crippen LogP contribution in [-0.2, 0) is 6.54 Å². The van der Waals surface area contributed by atoms with E-state index in [0.29, 0.717) is 5.92 Å². The third-order valence-corrected chi connectivity index (χ3v) is 4.39. The van der Waals surface area contributed by atoms with Crippen molar-refractivity contribution < 1.29 is 4.42 Å². The van der Waals surface area contributed by atoms with Gasteiger partial charge in [0.15, 0.2) is 0 Å². The smallest absolute Gasteiger partial charge is 0.230 e. The molecular formula is C12H21N3OS. The van der Waals surface area contributed by atoms with Gasteiger partial charge in [0, 0.05) is 30.0 Å². The summed E-state index contributed by atoms with van der Waals surface area (Å²) in [7, 11) is 0. The quantitative estimate of drug-likeness (QED) is 0.827. The van der Waals surface area contributed by atoms with E-state index >= 15 is 0 Å². The number of aromatic nitrogens is 2. The summed E-state index contributed by atoms with van der Waals surface area (Å²) in [4.78, 5) is 2.42. The van der Waals surface area contributed by atoms with Gasteiger partial charge in [-0.15, -0.1) is 10.2 Å². The lowest BCUT2D eigenvalue weighted by Gasteiger charge is -2.30. The van der Waals surface area contributed by atoms with Gasteiger partial charge < -0.3 is 4.42 Å². The van der Waals surface area contributed by atoms with Gasteiger partial charge in [-0.3, -0.25) is 4.90 Å². The Kier molecular flexibility index (Phi) is 4.45. The molecule has 2 rings (SSSR count). The molecule has 96 valence electrons. The van der Waals surface area contributed by atoms with Gasteiger partial charge in [-0.25, -0.2) is 0 Å². The molecule has 1 aliphatic rings. The minimum atomic E-state index is 0.316. The van der Waals surface area contributed by atoms with Crippen molar-refractivity contribution in [3.05, 3.63) is 11.8 Å². The fraction of sp³-hybridized carbons (Fsp3) is 0.833. The summed E-state index contributed by atoms with van der Waals surface area (Å²) in [5, 5.41) is 8.95. The third kappa shape index (κ3) is 3.45. The molecule has 0 aromatic carbocycles. The minimum Gasteiger partial charge on any atom is -0.424 e. The Morgan fingerprint density at radius 1 is 1.47 bits per heavy atom. The van der Waals surface area contributed by atoms with Crippen LogP contribution < -0.4 is 0 Å². The van der Waals surface area contributed by atoms with Crippen molar-refractivity contribution >= 4 is 11.8 Å². The standard InChI is InChI=1S/C12H21N3OS/c1-4-10-7-15(5-6-17-10)8-11-13-14-12(16-11)9(2)3/h9-10H,4-8H2,1-3H3. The molecule has 5 heteroatoms. The predicted octanol–water partition coefficient (Wildman–Crippen LogP) is 2.52. The van der Waals surface area contributed by atoms with Crippen LogP contribution >= 0.6 is 11.8 Å². The molecule has 0 amide bonds. The molecule has 0 radical (unpaired) electrons. The summed E-state index contributed by atoms with van der Waals surface area (Å²) < 4.78 is 5.65. The van der Waals surface area contributed by atoms with Crippen molar-refractivity contribution in [2.24, 2.45) is 0 Å². The molecule has 1 atom stereocenters. The van der Waals surface area contributed by atoms with Crippen LogP contribution in [0.2, 0.25) is 0 Å². The lowest BCUT2D eigenvalue weighted by molar-refractivity contribution is 0.242. The molecule has 0 aliphatic carbocycles. The van der Waals surface area contributed by atoms with E-state index in [9.17, 15) is 0 Å². The first-order valence-electron chi connectivity index (χ1n) is 6.35. The van der Waals surface area contributed by atoms with Crippen LogP contribution in [0.25, 0.3) is 0 Å². The molecule has 0 spiro atoms. The van der Waals surface area contributed by atoms with Crippen LogP contribution in [0, 0.1) is 0 Å². The lowest BCUT2D eigenvalue weighted by Crippen LogP contribution is -2.37. The lowest BCUT2D eigenvalue weighted by atomic mass is 10.2. The summed E-state index contributed by atoms with van der Waals surface area (Å²) >= 11 is 2.08. The zero-order valence-corrected chi connectivity index (χ0v) is 11.7. The first kappa shape index (κ1) is 12.9. The second-order valence-corrected chi connectivity index (χ2v) is 6.23. The molecule has 1 fully saturated rings. The van der Waals surface area contributed by atoms with Crippen molar-refractivity contribution in [1.82, 2.24) is 15.1 Å². The molecule has 0 bridgehead atoms. The van der Waals surface area contributed by atoms with Crippen LogP contribution in [0.5, 0.6) is 0 Å². The molecule has 1 aromatic rings. The van der Waals surface area contributed by atoms with E-state index < -0.39 is 0 Å². The van der Waals surface area contributed by atoms with Gasteiger partial charge in [0.2, 0.25) is 11.8 Å². The molecular weight excluding hydrogens is 234 g/mol. The van der Waals surface area contributed by atoms with Crippen molar-refractivity contribution in [3.63, 3.8) is 0 Å². The molecule has 17 heavy (non-hydrogen) atoms. The first-order chi connectivity index (χ1) is 8.19. The molecule has 0 N–H and O–H groups in total. The van der Waals surface area contributed by atoms with Crippen molar-refractivity contribution in [2.45, 2.75) is 44.9 Å². The van der Waals surface area contributed by atoms with E-state index in [1.54, 1.807) is 0 Å². The maximum atomic E-state index is 5.65. The van der Waals surface area contributed by atoms with Crippen LogP contribution in [0.1, 0.15) is 44.9 Å². The molecule has 1 saturated heterocycles. The Balaban J connectivity index is 1.91. The normalized spacial score (nSPS) is 22.2. The Morgan fingerprint density at radius 2 is 2.29 bits per heavy atom. The molecule has 2 heterocycles. The maximum Gasteiger partial charge on any atom is 0.230 e. The van der Waals surface area contributed by atoms with Crippen molar-refractivity contribution in [2.75, 3.05) is 18.8 Å². The van der Waals surface area contributed by atoms with Crippen LogP contribution in [0.4, 0.5) is 0 Å². The highest BCUT2D eigenvalue weighted by atomic mass is 32.2. The maximum absolute atomic E-state index is 5.65. The largest absolute Gasteiger partial charge is 0.424 e. The number of hydrogen-bond acceptors (Lipinski definition) is 5. The average molecular weight is 255 g/mol. The number of rotatable bonds is 4. The SMILES string of the molecule is CCC1CN(Cc2nnc(C(C)C)o2)CCS1. The Hall–Kier alpha value is -0.550. The summed E-state index contributed by atoms with van der Waals surface area (Å²) in [6.07, 6.45) is 1.24. The van der Waals surface area contributed by atoms with Crippen LogP contribution in [0.15, 0.2) is 4.42 Å². The third-order valence-electron chi connectivity index (χ3n) is 3.01. The Bertz CT molecular complexity index is 353. The Morgan fingerprint density at radius 3 is 2.94 bits per heavy atom. The van der Waals surface area contributed by atoms with E-state index in [2.05, 4.69) is 47.6 Å². The highest BCUT2D eigenvalue weighted by molar-refractivity contribution is 8.00. The van der Waals surface area contributed by atoms with Gasteiger partial charge >= 0.3 is 0 Å². The van der Waals surface area contributed by atoms with E-state index in [1.165, 1.54) is 12.2 Å². The minimum absolute atomic E-state index is 0.316. The number of thioether (sulfide) groups is 1. The van der Waals surface area contributed by atoms with Crippen LogP contribution in [0.3, 0.4) is 0 Å². The first-order valence-corrected chi connectivity index (χ1v) is 7.40. The highest BCUT2D eigenvalue weighted by Gasteiger charge is 2.21. The van der Waals surface area contributed by atoms with Gasteiger partial charge in [0.05, 0.1) is 6.54 Å². The fourth-order valence-electron chi connectivity index (χ4n) is 1.93. The van der Waals surface area contributed by atoms with E-state index in [4.69, 9.17) is 4.42 Å². The second kappa shape index (κ2) is 5.87. The highest BCUT2D eigenvalue weighted by Crippen LogP contribution is 2.22. The number of nitrogens with zero attached hydrogens (tertiary/aromatic N) is 3. The molecule has 1 aromatic heterocycles. The fourth-order valence-corrected chi connectivity index (χ4v) is 3.17. The van der Waals surface area contributed by atoms with E-state index in [-0.39, 0.29) is 0 Å². The van der Waals surface area contributed by atoms with Gasteiger partial charge in [0.1, 0.15) is 0 Å². The average Bonchev–Trinajstić information content (AvgIpc) is 2.78. The summed E-state index contributed by atoms with van der Waals surface area (Å²) in [5.41, 5.74) is 0. The van der Waals surface area contributed by atoms with Gasteiger partial charge in [0.25, 0.3) is 0 Å². The summed E-state index contributed by atoms with van der Waals surface area (Å²) in [5.74, 6) is 3.04. The van der Waals surface area contributed by atoms with Gasteiger partial charge in [-0.1, -0.05) is 20.8 Å². The zero-order valence-electron chi connectivity index (χ0n) is 10.8. The van der Waals surface area contributed by atoms with E-state index in [0.717, 1.165) is 36.7 Å². The molecule has 4 nitrogen and oxygen atoms in total. The molecule has 1 unspecified atom stereocenters. The van der Waals surface area contributed by atoms with Crippen LogP contribution in [-0.4, -0.2) is 39.2 Å². The zero-order chi connectivity index (χ0) is 12.3. The van der Waals surface area contributed by atoms with Crippen molar-refractivity contribution in [3.8, 4) is 0 Å². The Labute approximate surface area is 107 Å². The predicted molar refractivity (Wildman–Crippen MR) is 70.2 cm³/mol.